The first-order valence-electron chi connectivity index (χ1n) is 11.9. The number of carbonyl (C=O) groups excluding carboxylic acids is 1. The van der Waals surface area contributed by atoms with Crippen LogP contribution in [-0.2, 0) is 26.0 Å². The Balaban J connectivity index is 2.32. The van der Waals surface area contributed by atoms with Crippen LogP contribution in [0, 0.1) is 5.82 Å². The minimum absolute atomic E-state index is 0.0307. The highest BCUT2D eigenvalue weighted by Gasteiger charge is 2.27. The molecule has 0 radical (unpaired) electrons. The summed E-state index contributed by atoms with van der Waals surface area (Å²) >= 11 is 0. The number of imidazole rings is 1. The number of hydrogen-bond acceptors (Lipinski definition) is 7. The van der Waals surface area contributed by atoms with Crippen LogP contribution in [0.3, 0.4) is 0 Å². The van der Waals surface area contributed by atoms with Gasteiger partial charge in [0.05, 0.1) is 30.6 Å². The van der Waals surface area contributed by atoms with E-state index in [-0.39, 0.29) is 31.3 Å². The first kappa shape index (κ1) is 29.7. The Labute approximate surface area is 213 Å². The molecular formula is C25H38FN3O6S. The van der Waals surface area contributed by atoms with Crippen molar-refractivity contribution in [2.45, 2.75) is 84.2 Å². The van der Waals surface area contributed by atoms with E-state index >= 15 is 0 Å². The summed E-state index contributed by atoms with van der Waals surface area (Å²) in [4.78, 5) is 16.6. The molecule has 11 heteroatoms. The van der Waals surface area contributed by atoms with Gasteiger partial charge in [-0.1, -0.05) is 0 Å². The summed E-state index contributed by atoms with van der Waals surface area (Å²) < 4.78 is 46.2. The lowest BCUT2D eigenvalue weighted by Gasteiger charge is -2.22. The molecule has 9 nitrogen and oxygen atoms in total. The molecule has 2 rings (SSSR count). The van der Waals surface area contributed by atoms with Gasteiger partial charge >= 0.3 is 5.97 Å². The predicted molar refractivity (Wildman–Crippen MR) is 137 cm³/mol. The number of nitrogens with zero attached hydrogens (tertiary/aromatic N) is 3. The number of esters is 1. The Kier molecular flexibility index (Phi) is 9.66. The van der Waals surface area contributed by atoms with Gasteiger partial charge in [0.25, 0.3) is 0 Å². The van der Waals surface area contributed by atoms with Crippen LogP contribution >= 0.6 is 0 Å². The van der Waals surface area contributed by atoms with Crippen LogP contribution in [0.2, 0.25) is 0 Å². The van der Waals surface area contributed by atoms with Gasteiger partial charge in [0, 0.05) is 24.3 Å². The van der Waals surface area contributed by atoms with Crippen molar-refractivity contribution in [3.8, 4) is 11.3 Å². The van der Waals surface area contributed by atoms with Crippen molar-refractivity contribution >= 4 is 21.9 Å². The lowest BCUT2D eigenvalue weighted by molar-refractivity contribution is -0.157. The Hall–Kier alpha value is -2.50. The average molecular weight is 528 g/mol. The molecule has 0 fully saturated rings. The fraction of sp³-hybridized carbons (Fsp3) is 0.600. The standard InChI is InChI=1S/C25H38FN3O6S/c1-16(2)29-21(13-12-19(30)14-20(31)15-22(32)35-25(3,4)5)23(17-8-10-18(26)11-9-17)27-24(29)28(6)36(7,33)34/h8-11,16,19-20,30-31H,12-15H2,1-7H3/t19-,20-/m1/s1. The van der Waals surface area contributed by atoms with Gasteiger partial charge in [-0.15, -0.1) is 0 Å². The number of benzene rings is 1. The van der Waals surface area contributed by atoms with Crippen LogP contribution in [-0.4, -0.2) is 65.3 Å². The number of aliphatic hydroxyl groups is 2. The Morgan fingerprint density at radius 2 is 1.75 bits per heavy atom. The molecule has 1 aromatic heterocycles. The van der Waals surface area contributed by atoms with Crippen molar-refractivity contribution in [2.24, 2.45) is 0 Å². The predicted octanol–water partition coefficient (Wildman–Crippen LogP) is 3.44. The smallest absolute Gasteiger partial charge is 0.308 e. The molecule has 0 saturated heterocycles. The highest BCUT2D eigenvalue weighted by molar-refractivity contribution is 7.92. The topological polar surface area (TPSA) is 122 Å². The molecule has 1 aromatic carbocycles. The monoisotopic (exact) mass is 527 g/mol. The molecule has 0 aliphatic rings. The number of halogens is 1. The van der Waals surface area contributed by atoms with E-state index in [4.69, 9.17) is 4.74 Å². The van der Waals surface area contributed by atoms with Gasteiger partial charge in [0.1, 0.15) is 11.4 Å². The van der Waals surface area contributed by atoms with E-state index in [1.165, 1.54) is 19.2 Å². The largest absolute Gasteiger partial charge is 0.460 e. The molecule has 0 bridgehead atoms. The van der Waals surface area contributed by atoms with Gasteiger partial charge in [0.15, 0.2) is 0 Å². The van der Waals surface area contributed by atoms with Gasteiger partial charge in [0.2, 0.25) is 16.0 Å². The summed E-state index contributed by atoms with van der Waals surface area (Å²) in [6.45, 7) is 8.98. The molecule has 0 amide bonds. The molecule has 202 valence electrons. The normalized spacial score (nSPS) is 14.1. The van der Waals surface area contributed by atoms with Crippen LogP contribution < -0.4 is 4.31 Å². The number of ether oxygens (including phenoxy) is 1. The van der Waals surface area contributed by atoms with Crippen molar-refractivity contribution in [3.63, 3.8) is 0 Å². The summed E-state index contributed by atoms with van der Waals surface area (Å²) in [6.07, 6.45) is -0.669. The number of rotatable bonds is 11. The van der Waals surface area contributed by atoms with E-state index in [9.17, 15) is 27.8 Å². The van der Waals surface area contributed by atoms with Crippen LogP contribution in [0.15, 0.2) is 24.3 Å². The van der Waals surface area contributed by atoms with E-state index < -0.39 is 39.6 Å². The maximum Gasteiger partial charge on any atom is 0.308 e. The summed E-state index contributed by atoms with van der Waals surface area (Å²) in [5.74, 6) is -0.750. The van der Waals surface area contributed by atoms with Crippen LogP contribution in [0.25, 0.3) is 11.3 Å². The summed E-state index contributed by atoms with van der Waals surface area (Å²) in [6, 6.07) is 5.56. The Morgan fingerprint density at radius 3 is 2.25 bits per heavy atom. The molecule has 2 atom stereocenters. The molecule has 2 aromatic rings. The number of aliphatic hydroxyl groups excluding tert-OH is 2. The molecule has 0 unspecified atom stereocenters. The number of carbonyl (C=O) groups is 1. The minimum atomic E-state index is -3.61. The quantitative estimate of drug-likeness (QED) is 0.429. The van der Waals surface area contributed by atoms with Crippen molar-refractivity contribution in [1.82, 2.24) is 9.55 Å². The third-order valence-corrected chi connectivity index (χ3v) is 6.64. The summed E-state index contributed by atoms with van der Waals surface area (Å²) in [5.41, 5.74) is 1.09. The van der Waals surface area contributed by atoms with Crippen LogP contribution in [0.4, 0.5) is 10.3 Å². The van der Waals surface area contributed by atoms with E-state index in [1.54, 1.807) is 37.5 Å². The Morgan fingerprint density at radius 1 is 1.17 bits per heavy atom. The minimum Gasteiger partial charge on any atom is -0.460 e. The second kappa shape index (κ2) is 11.7. The number of anilines is 1. The third kappa shape index (κ3) is 8.28. The fourth-order valence-electron chi connectivity index (χ4n) is 3.84. The second-order valence-electron chi connectivity index (χ2n) is 10.3. The van der Waals surface area contributed by atoms with E-state index in [1.807, 2.05) is 13.8 Å². The molecule has 36 heavy (non-hydrogen) atoms. The van der Waals surface area contributed by atoms with Gasteiger partial charge in [-0.05, 0) is 78.1 Å². The first-order chi connectivity index (χ1) is 16.5. The lowest BCUT2D eigenvalue weighted by Crippen LogP contribution is -2.29. The molecule has 0 saturated carbocycles. The van der Waals surface area contributed by atoms with Crippen molar-refractivity contribution < 1.29 is 32.6 Å². The number of sulfonamides is 1. The van der Waals surface area contributed by atoms with E-state index in [0.29, 0.717) is 23.4 Å². The first-order valence-corrected chi connectivity index (χ1v) is 13.7. The van der Waals surface area contributed by atoms with Crippen molar-refractivity contribution in [3.05, 3.63) is 35.8 Å². The van der Waals surface area contributed by atoms with E-state index in [0.717, 1.165) is 10.6 Å². The molecule has 0 spiro atoms. The van der Waals surface area contributed by atoms with Crippen molar-refractivity contribution in [1.29, 1.82) is 0 Å². The molecule has 1 heterocycles. The highest BCUT2D eigenvalue weighted by Crippen LogP contribution is 2.33. The summed E-state index contributed by atoms with van der Waals surface area (Å²) in [7, 11) is -2.20. The van der Waals surface area contributed by atoms with E-state index in [2.05, 4.69) is 4.98 Å². The zero-order valence-electron chi connectivity index (χ0n) is 22.0. The molecule has 2 N–H and O–H groups in total. The molecule has 0 aliphatic carbocycles. The molecule has 0 aliphatic heterocycles. The van der Waals surface area contributed by atoms with Crippen molar-refractivity contribution in [2.75, 3.05) is 17.6 Å². The zero-order chi connectivity index (χ0) is 27.4. The zero-order valence-corrected chi connectivity index (χ0v) is 22.8. The second-order valence-corrected chi connectivity index (χ2v) is 12.3. The van der Waals surface area contributed by atoms with Gasteiger partial charge < -0.3 is 19.5 Å². The van der Waals surface area contributed by atoms with Gasteiger partial charge in [-0.2, -0.15) is 0 Å². The highest BCUT2D eigenvalue weighted by atomic mass is 32.2. The SMILES string of the molecule is CC(C)n1c(N(C)S(C)(=O)=O)nc(-c2ccc(F)cc2)c1CC[C@@H](O)C[C@@H](O)CC(=O)OC(C)(C)C. The number of hydrogen-bond donors (Lipinski definition) is 2. The summed E-state index contributed by atoms with van der Waals surface area (Å²) in [5, 5.41) is 20.9. The van der Waals surface area contributed by atoms with Crippen LogP contribution in [0.5, 0.6) is 0 Å². The van der Waals surface area contributed by atoms with Gasteiger partial charge in [-0.25, -0.2) is 22.1 Å². The average Bonchev–Trinajstić information content (AvgIpc) is 3.09. The lowest BCUT2D eigenvalue weighted by atomic mass is 10.0. The maximum atomic E-state index is 13.6. The van der Waals surface area contributed by atoms with Gasteiger partial charge in [-0.3, -0.25) is 4.79 Å². The Bertz CT molecular complexity index is 1140. The molecular weight excluding hydrogens is 489 g/mol. The third-order valence-electron chi connectivity index (χ3n) is 5.49. The maximum absolute atomic E-state index is 13.6. The fourth-order valence-corrected chi connectivity index (χ4v) is 4.26. The van der Waals surface area contributed by atoms with Crippen LogP contribution in [0.1, 0.15) is 65.6 Å². The number of aromatic nitrogens is 2.